The molecule has 0 N–H and O–H groups in total. The number of hydrogen-bond donors (Lipinski definition) is 0. The van der Waals surface area contributed by atoms with E-state index in [0.717, 1.165) is 5.56 Å². The van der Waals surface area contributed by atoms with Crippen LogP contribution in [0.4, 0.5) is 5.69 Å². The summed E-state index contributed by atoms with van der Waals surface area (Å²) in [6.45, 7) is 8.68. The molecule has 1 atom stereocenters. The summed E-state index contributed by atoms with van der Waals surface area (Å²) < 4.78 is 10.4. The number of benzene rings is 1. The van der Waals surface area contributed by atoms with Gasteiger partial charge in [-0.25, -0.2) is 4.79 Å². The zero-order chi connectivity index (χ0) is 16.3. The minimum atomic E-state index is -0.965. The molecule has 6 heteroatoms. The van der Waals surface area contributed by atoms with Crippen molar-refractivity contribution >= 4 is 11.7 Å². The molecular weight excluding hydrogens is 274 g/mol. The monoisotopic (exact) mass is 295 g/mol. The summed E-state index contributed by atoms with van der Waals surface area (Å²) in [5.41, 5.74) is 2.26. The third-order valence-corrected chi connectivity index (χ3v) is 3.40. The average molecular weight is 295 g/mol. The van der Waals surface area contributed by atoms with Crippen LogP contribution in [-0.4, -0.2) is 24.1 Å². The fraction of sp³-hybridized carbons (Fsp3) is 0.533. The molecule has 0 aliphatic carbocycles. The van der Waals surface area contributed by atoms with Crippen molar-refractivity contribution in [1.82, 2.24) is 0 Å². The van der Waals surface area contributed by atoms with Crippen molar-refractivity contribution in [3.63, 3.8) is 0 Å². The van der Waals surface area contributed by atoms with Crippen LogP contribution in [0.5, 0.6) is 0 Å². The lowest BCUT2D eigenvalue weighted by Crippen LogP contribution is -2.22. The Labute approximate surface area is 124 Å². The van der Waals surface area contributed by atoms with E-state index >= 15 is 0 Å². The minimum Gasteiger partial charge on any atom is -0.467 e. The molecule has 0 radical (unpaired) electrons. The van der Waals surface area contributed by atoms with Crippen LogP contribution in [0.2, 0.25) is 0 Å². The zero-order valence-electron chi connectivity index (χ0n) is 13.2. The smallest absolute Gasteiger partial charge is 0.339 e. The molecule has 0 spiro atoms. The van der Waals surface area contributed by atoms with Crippen LogP contribution in [0.1, 0.15) is 42.2 Å². The molecule has 0 unspecified atom stereocenters. The van der Waals surface area contributed by atoms with Gasteiger partial charge >= 0.3 is 5.97 Å². The fourth-order valence-corrected chi connectivity index (χ4v) is 2.24. The van der Waals surface area contributed by atoms with Gasteiger partial charge in [0.1, 0.15) is 0 Å². The number of hydrogen-bond acceptors (Lipinski definition) is 5. The summed E-state index contributed by atoms with van der Waals surface area (Å²) in [7, 11) is 1.27. The number of nitrogens with zero attached hydrogens (tertiary/aromatic N) is 1. The van der Waals surface area contributed by atoms with Crippen molar-refractivity contribution in [3.8, 4) is 0 Å². The zero-order valence-corrected chi connectivity index (χ0v) is 13.2. The summed E-state index contributed by atoms with van der Waals surface area (Å²) in [4.78, 5) is 22.8. The van der Waals surface area contributed by atoms with Crippen molar-refractivity contribution in [3.05, 3.63) is 38.4 Å². The Balaban J connectivity index is 3.51. The minimum absolute atomic E-state index is 0.0197. The molecule has 1 rings (SSSR count). The van der Waals surface area contributed by atoms with Gasteiger partial charge in [0.15, 0.2) is 6.10 Å². The Morgan fingerprint density at radius 2 is 1.81 bits per heavy atom. The maximum atomic E-state index is 12.0. The molecule has 0 heterocycles. The van der Waals surface area contributed by atoms with Crippen molar-refractivity contribution in [2.45, 2.75) is 46.8 Å². The maximum absolute atomic E-state index is 12.0. The van der Waals surface area contributed by atoms with E-state index in [1.54, 1.807) is 40.7 Å². The number of rotatable bonds is 5. The van der Waals surface area contributed by atoms with E-state index in [4.69, 9.17) is 9.47 Å². The van der Waals surface area contributed by atoms with Gasteiger partial charge in [0.25, 0.3) is 5.69 Å². The Hall–Kier alpha value is -1.95. The van der Waals surface area contributed by atoms with E-state index in [1.165, 1.54) is 7.11 Å². The third kappa shape index (κ3) is 3.58. The van der Waals surface area contributed by atoms with Crippen molar-refractivity contribution in [2.75, 3.05) is 7.11 Å². The van der Waals surface area contributed by atoms with Gasteiger partial charge in [0, 0.05) is 16.7 Å². The number of carbonyl (C=O) groups is 1. The summed E-state index contributed by atoms with van der Waals surface area (Å²) in [5.74, 6) is -0.565. The van der Waals surface area contributed by atoms with Gasteiger partial charge in [0.05, 0.1) is 18.1 Å². The van der Waals surface area contributed by atoms with E-state index in [1.807, 2.05) is 0 Å². The first-order valence-corrected chi connectivity index (χ1v) is 6.69. The topological polar surface area (TPSA) is 78.7 Å². The second-order valence-corrected chi connectivity index (χ2v) is 5.23. The second-order valence-electron chi connectivity index (χ2n) is 5.23. The van der Waals surface area contributed by atoms with E-state index < -0.39 is 17.0 Å². The maximum Gasteiger partial charge on any atom is 0.339 e. The number of nitro groups is 1. The molecular formula is C15H21NO5. The molecule has 0 amide bonds. The average Bonchev–Trinajstić information content (AvgIpc) is 2.39. The number of methoxy groups -OCH3 is 1. The van der Waals surface area contributed by atoms with Gasteiger partial charge in [-0.2, -0.15) is 0 Å². The first kappa shape index (κ1) is 17.1. The summed E-state index contributed by atoms with van der Waals surface area (Å²) in [6, 6.07) is 1.75. The predicted octanol–water partition coefficient (Wildman–Crippen LogP) is 3.16. The van der Waals surface area contributed by atoms with Crippen LogP contribution in [-0.2, 0) is 14.3 Å². The molecule has 1 aromatic rings. The first-order chi connectivity index (χ1) is 9.70. The van der Waals surface area contributed by atoms with Crippen molar-refractivity contribution < 1.29 is 19.2 Å². The largest absolute Gasteiger partial charge is 0.467 e. The van der Waals surface area contributed by atoms with Crippen LogP contribution in [0, 0.1) is 30.9 Å². The van der Waals surface area contributed by atoms with Crippen LogP contribution < -0.4 is 0 Å². The Bertz CT molecular complexity index is 566. The van der Waals surface area contributed by atoms with Crippen LogP contribution in [0.25, 0.3) is 0 Å². The highest BCUT2D eigenvalue weighted by atomic mass is 16.6. The standard InChI is InChI=1S/C15H21NO5/c1-8(2)21-14(15(17)20-6)12-7-9(3)10(4)13(11(12)5)16(18)19/h7-8,14H,1-6H3/t14-/m0/s1. The number of esters is 1. The van der Waals surface area contributed by atoms with Crippen molar-refractivity contribution in [2.24, 2.45) is 0 Å². The fourth-order valence-electron chi connectivity index (χ4n) is 2.24. The number of carbonyl (C=O) groups excluding carboxylic acids is 1. The lowest BCUT2D eigenvalue weighted by atomic mass is 9.94. The van der Waals surface area contributed by atoms with Gasteiger partial charge in [-0.1, -0.05) is 6.07 Å². The van der Waals surface area contributed by atoms with Gasteiger partial charge in [-0.15, -0.1) is 0 Å². The molecule has 0 saturated heterocycles. The van der Waals surface area contributed by atoms with Gasteiger partial charge < -0.3 is 9.47 Å². The van der Waals surface area contributed by atoms with Gasteiger partial charge in [0.2, 0.25) is 0 Å². The summed E-state index contributed by atoms with van der Waals surface area (Å²) in [5, 5.41) is 11.3. The molecule has 0 fully saturated rings. The Morgan fingerprint density at radius 3 is 2.24 bits per heavy atom. The molecule has 1 aromatic carbocycles. The molecule has 21 heavy (non-hydrogen) atoms. The summed E-state index contributed by atoms with van der Waals surface area (Å²) in [6.07, 6.45) is -1.18. The van der Waals surface area contributed by atoms with Gasteiger partial charge in [-0.3, -0.25) is 10.1 Å². The highest BCUT2D eigenvalue weighted by Gasteiger charge is 2.30. The molecule has 0 aliphatic rings. The number of nitro benzene ring substituents is 1. The van der Waals surface area contributed by atoms with E-state index in [-0.39, 0.29) is 11.8 Å². The Kier molecular flexibility index (Phi) is 5.43. The highest BCUT2D eigenvalue weighted by molar-refractivity contribution is 5.78. The predicted molar refractivity (Wildman–Crippen MR) is 78.3 cm³/mol. The van der Waals surface area contributed by atoms with Crippen LogP contribution >= 0.6 is 0 Å². The molecule has 0 bridgehead atoms. The van der Waals surface area contributed by atoms with Crippen LogP contribution in [0.15, 0.2) is 6.07 Å². The molecule has 0 aliphatic heterocycles. The normalized spacial score (nSPS) is 12.3. The van der Waals surface area contributed by atoms with Crippen LogP contribution in [0.3, 0.4) is 0 Å². The van der Waals surface area contributed by atoms with E-state index in [9.17, 15) is 14.9 Å². The van der Waals surface area contributed by atoms with E-state index in [2.05, 4.69) is 0 Å². The third-order valence-electron chi connectivity index (χ3n) is 3.40. The summed E-state index contributed by atoms with van der Waals surface area (Å²) >= 11 is 0. The number of aryl methyl sites for hydroxylation is 1. The highest BCUT2D eigenvalue weighted by Crippen LogP contribution is 2.34. The quantitative estimate of drug-likeness (QED) is 0.473. The van der Waals surface area contributed by atoms with Crippen molar-refractivity contribution in [1.29, 1.82) is 0 Å². The Morgan fingerprint density at radius 1 is 1.24 bits per heavy atom. The number of ether oxygens (including phenoxy) is 2. The SMILES string of the molecule is COC(=O)[C@@H](OC(C)C)c1cc(C)c(C)c([N+](=O)[O-])c1C. The molecule has 116 valence electrons. The molecule has 0 saturated carbocycles. The lowest BCUT2D eigenvalue weighted by molar-refractivity contribution is -0.386. The molecule has 0 aromatic heterocycles. The second kappa shape index (κ2) is 6.67. The van der Waals surface area contributed by atoms with Gasteiger partial charge in [-0.05, 0) is 40.2 Å². The lowest BCUT2D eigenvalue weighted by Gasteiger charge is -2.21. The first-order valence-electron chi connectivity index (χ1n) is 6.69. The molecule has 6 nitrogen and oxygen atoms in total. The van der Waals surface area contributed by atoms with E-state index in [0.29, 0.717) is 16.7 Å².